The SMILES string of the molecule is CSc1ccc(CO)cc1[N+](=O)[O-]. The first kappa shape index (κ1) is 10.0. The van der Waals surface area contributed by atoms with Crippen molar-refractivity contribution in [1.82, 2.24) is 0 Å². The van der Waals surface area contributed by atoms with Gasteiger partial charge in [-0.15, -0.1) is 11.8 Å². The molecular formula is C8H9NO3S. The Labute approximate surface area is 79.7 Å². The molecule has 70 valence electrons. The van der Waals surface area contributed by atoms with Gasteiger partial charge in [0.1, 0.15) is 0 Å². The van der Waals surface area contributed by atoms with Crippen LogP contribution in [0.5, 0.6) is 0 Å². The first-order chi connectivity index (χ1) is 6.19. The third kappa shape index (κ3) is 2.19. The topological polar surface area (TPSA) is 63.4 Å². The summed E-state index contributed by atoms with van der Waals surface area (Å²) in [6, 6.07) is 4.72. The molecule has 0 aliphatic carbocycles. The van der Waals surface area contributed by atoms with Crippen LogP contribution in [0.15, 0.2) is 23.1 Å². The predicted molar refractivity (Wildman–Crippen MR) is 50.8 cm³/mol. The van der Waals surface area contributed by atoms with Gasteiger partial charge < -0.3 is 5.11 Å². The Kier molecular flexibility index (Phi) is 3.27. The van der Waals surface area contributed by atoms with Crippen LogP contribution < -0.4 is 0 Å². The lowest BCUT2D eigenvalue weighted by atomic mass is 10.2. The van der Waals surface area contributed by atoms with Crippen molar-refractivity contribution in [3.63, 3.8) is 0 Å². The van der Waals surface area contributed by atoms with Gasteiger partial charge in [0.2, 0.25) is 0 Å². The Balaban J connectivity index is 3.18. The molecule has 0 saturated carbocycles. The molecule has 0 saturated heterocycles. The van der Waals surface area contributed by atoms with E-state index in [1.165, 1.54) is 17.8 Å². The van der Waals surface area contributed by atoms with E-state index in [1.807, 2.05) is 0 Å². The summed E-state index contributed by atoms with van der Waals surface area (Å²) >= 11 is 1.32. The summed E-state index contributed by atoms with van der Waals surface area (Å²) in [4.78, 5) is 10.7. The van der Waals surface area contributed by atoms with Crippen molar-refractivity contribution in [3.8, 4) is 0 Å². The van der Waals surface area contributed by atoms with Crippen molar-refractivity contribution < 1.29 is 10.0 Å². The van der Waals surface area contributed by atoms with Crippen molar-refractivity contribution in [2.75, 3.05) is 6.26 Å². The van der Waals surface area contributed by atoms with Gasteiger partial charge in [0.25, 0.3) is 5.69 Å². The Morgan fingerprint density at radius 2 is 2.31 bits per heavy atom. The zero-order chi connectivity index (χ0) is 9.84. The van der Waals surface area contributed by atoms with Gasteiger partial charge in [0.15, 0.2) is 0 Å². The fraction of sp³-hybridized carbons (Fsp3) is 0.250. The lowest BCUT2D eigenvalue weighted by molar-refractivity contribution is -0.387. The Hall–Kier alpha value is -1.07. The Bertz CT molecular complexity index is 327. The molecule has 0 heterocycles. The van der Waals surface area contributed by atoms with E-state index in [2.05, 4.69) is 0 Å². The lowest BCUT2D eigenvalue weighted by Gasteiger charge is -2.00. The molecule has 0 aliphatic heterocycles. The van der Waals surface area contributed by atoms with Crippen LogP contribution in [0.4, 0.5) is 5.69 Å². The van der Waals surface area contributed by atoms with E-state index >= 15 is 0 Å². The summed E-state index contributed by atoms with van der Waals surface area (Å²) in [5.41, 5.74) is 0.614. The van der Waals surface area contributed by atoms with E-state index < -0.39 is 4.92 Å². The van der Waals surface area contributed by atoms with Crippen LogP contribution in [0.25, 0.3) is 0 Å². The molecule has 1 N–H and O–H groups in total. The number of benzene rings is 1. The standard InChI is InChI=1S/C8H9NO3S/c1-13-8-3-2-6(5-10)4-7(8)9(11)12/h2-4,10H,5H2,1H3. The highest BCUT2D eigenvalue weighted by Crippen LogP contribution is 2.28. The van der Waals surface area contributed by atoms with Crippen LogP contribution in [0.3, 0.4) is 0 Å². The van der Waals surface area contributed by atoms with E-state index in [1.54, 1.807) is 18.4 Å². The highest BCUT2D eigenvalue weighted by molar-refractivity contribution is 7.98. The number of hydrogen-bond donors (Lipinski definition) is 1. The van der Waals surface area contributed by atoms with Gasteiger partial charge in [-0.05, 0) is 17.9 Å². The van der Waals surface area contributed by atoms with Gasteiger partial charge >= 0.3 is 0 Å². The molecule has 0 fully saturated rings. The van der Waals surface area contributed by atoms with E-state index in [9.17, 15) is 10.1 Å². The second-order valence-electron chi connectivity index (χ2n) is 2.42. The first-order valence-electron chi connectivity index (χ1n) is 3.61. The summed E-state index contributed by atoms with van der Waals surface area (Å²) in [6.45, 7) is -0.171. The third-order valence-corrected chi connectivity index (χ3v) is 2.41. The molecule has 1 rings (SSSR count). The average molecular weight is 199 g/mol. The smallest absolute Gasteiger partial charge is 0.283 e. The number of nitro groups is 1. The molecule has 1 aromatic carbocycles. The van der Waals surface area contributed by atoms with Gasteiger partial charge in [-0.3, -0.25) is 10.1 Å². The second kappa shape index (κ2) is 4.25. The molecule has 0 amide bonds. The minimum absolute atomic E-state index is 0.0547. The van der Waals surface area contributed by atoms with Crippen molar-refractivity contribution in [2.24, 2.45) is 0 Å². The number of nitro benzene ring substituents is 1. The average Bonchev–Trinajstić information content (AvgIpc) is 2.16. The van der Waals surface area contributed by atoms with Gasteiger partial charge in [-0.1, -0.05) is 6.07 Å². The van der Waals surface area contributed by atoms with Crippen molar-refractivity contribution >= 4 is 17.4 Å². The third-order valence-electron chi connectivity index (χ3n) is 1.62. The molecule has 0 bridgehead atoms. The van der Waals surface area contributed by atoms with Crippen LogP contribution >= 0.6 is 11.8 Å². The van der Waals surface area contributed by atoms with Crippen molar-refractivity contribution in [2.45, 2.75) is 11.5 Å². The summed E-state index contributed by atoms with van der Waals surface area (Å²) < 4.78 is 0. The first-order valence-corrected chi connectivity index (χ1v) is 4.83. The predicted octanol–water partition coefficient (Wildman–Crippen LogP) is 1.81. The molecule has 0 radical (unpaired) electrons. The van der Waals surface area contributed by atoms with Crippen molar-refractivity contribution in [1.29, 1.82) is 0 Å². The molecule has 5 heteroatoms. The fourth-order valence-corrected chi connectivity index (χ4v) is 1.52. The summed E-state index contributed by atoms with van der Waals surface area (Å²) in [7, 11) is 0. The molecule has 4 nitrogen and oxygen atoms in total. The number of hydrogen-bond acceptors (Lipinski definition) is 4. The van der Waals surface area contributed by atoms with E-state index in [0.29, 0.717) is 10.5 Å². The fourth-order valence-electron chi connectivity index (χ4n) is 0.977. The number of rotatable bonds is 3. The van der Waals surface area contributed by atoms with Gasteiger partial charge in [-0.2, -0.15) is 0 Å². The van der Waals surface area contributed by atoms with E-state index in [4.69, 9.17) is 5.11 Å². The van der Waals surface area contributed by atoms with E-state index in [0.717, 1.165) is 0 Å². The van der Waals surface area contributed by atoms with Gasteiger partial charge in [0.05, 0.1) is 16.4 Å². The monoisotopic (exact) mass is 199 g/mol. The van der Waals surface area contributed by atoms with Crippen LogP contribution in [-0.2, 0) is 6.61 Å². The minimum atomic E-state index is -0.439. The van der Waals surface area contributed by atoms with Crippen LogP contribution in [-0.4, -0.2) is 16.3 Å². The molecule has 0 aliphatic rings. The molecule has 1 aromatic rings. The largest absolute Gasteiger partial charge is 0.392 e. The van der Waals surface area contributed by atoms with Crippen LogP contribution in [0, 0.1) is 10.1 Å². The van der Waals surface area contributed by atoms with Crippen molar-refractivity contribution in [3.05, 3.63) is 33.9 Å². The summed E-state index contributed by atoms with van der Waals surface area (Å²) in [6.07, 6.45) is 1.78. The maximum absolute atomic E-state index is 10.6. The zero-order valence-corrected chi connectivity index (χ0v) is 7.87. The number of nitrogens with zero attached hydrogens (tertiary/aromatic N) is 1. The second-order valence-corrected chi connectivity index (χ2v) is 3.27. The highest BCUT2D eigenvalue weighted by Gasteiger charge is 2.12. The van der Waals surface area contributed by atoms with Crippen LogP contribution in [0.2, 0.25) is 0 Å². The molecular weight excluding hydrogens is 190 g/mol. The normalized spacial score (nSPS) is 10.0. The number of thioether (sulfide) groups is 1. The quantitative estimate of drug-likeness (QED) is 0.458. The lowest BCUT2D eigenvalue weighted by Crippen LogP contribution is -1.93. The van der Waals surface area contributed by atoms with Gasteiger partial charge in [-0.25, -0.2) is 0 Å². The zero-order valence-electron chi connectivity index (χ0n) is 7.06. The number of aliphatic hydroxyl groups is 1. The highest BCUT2D eigenvalue weighted by atomic mass is 32.2. The molecule has 0 atom stereocenters. The Morgan fingerprint density at radius 3 is 2.77 bits per heavy atom. The number of aliphatic hydroxyl groups excluding tert-OH is 1. The summed E-state index contributed by atoms with van der Waals surface area (Å²) in [5.74, 6) is 0. The maximum atomic E-state index is 10.6. The molecule has 13 heavy (non-hydrogen) atoms. The molecule has 0 aromatic heterocycles. The van der Waals surface area contributed by atoms with Gasteiger partial charge in [0, 0.05) is 6.07 Å². The van der Waals surface area contributed by atoms with E-state index in [-0.39, 0.29) is 12.3 Å². The van der Waals surface area contributed by atoms with Crippen LogP contribution in [0.1, 0.15) is 5.56 Å². The Morgan fingerprint density at radius 1 is 1.62 bits per heavy atom. The molecule has 0 unspecified atom stereocenters. The maximum Gasteiger partial charge on any atom is 0.283 e. The molecule has 0 spiro atoms. The minimum Gasteiger partial charge on any atom is -0.392 e. The summed E-state index contributed by atoms with van der Waals surface area (Å²) in [5, 5.41) is 19.3.